The molecule has 3 rings (SSSR count). The molecule has 5 heteroatoms. The highest BCUT2D eigenvalue weighted by molar-refractivity contribution is 5.94. The van der Waals surface area contributed by atoms with E-state index in [1.807, 2.05) is 42.3 Å². The van der Waals surface area contributed by atoms with Crippen molar-refractivity contribution >= 4 is 18.3 Å². The molecule has 134 valence electrons. The van der Waals surface area contributed by atoms with Crippen LogP contribution in [0.15, 0.2) is 42.5 Å². The number of nitrogens with one attached hydrogen (secondary N) is 1. The van der Waals surface area contributed by atoms with Gasteiger partial charge in [-0.25, -0.2) is 0 Å². The van der Waals surface area contributed by atoms with Gasteiger partial charge in [0.15, 0.2) is 0 Å². The van der Waals surface area contributed by atoms with Gasteiger partial charge in [0.25, 0.3) is 5.91 Å². The van der Waals surface area contributed by atoms with Crippen molar-refractivity contribution in [2.45, 2.75) is 32.5 Å². The average Bonchev–Trinajstić information content (AvgIpc) is 3.08. The molecule has 2 aromatic carbocycles. The lowest BCUT2D eigenvalue weighted by Crippen LogP contribution is -2.36. The van der Waals surface area contributed by atoms with E-state index in [2.05, 4.69) is 24.4 Å². The summed E-state index contributed by atoms with van der Waals surface area (Å²) in [5.74, 6) is 0.931. The first-order valence-electron chi connectivity index (χ1n) is 8.31. The summed E-state index contributed by atoms with van der Waals surface area (Å²) in [5.41, 5.74) is 4.39. The Balaban J connectivity index is 0.00000225. The molecule has 0 aromatic heterocycles. The predicted octanol–water partition coefficient (Wildman–Crippen LogP) is 3.42. The molecule has 0 saturated heterocycles. The van der Waals surface area contributed by atoms with Gasteiger partial charge in [0.05, 0.1) is 7.11 Å². The van der Waals surface area contributed by atoms with Crippen molar-refractivity contribution in [1.29, 1.82) is 0 Å². The Hall–Kier alpha value is -2.04. The van der Waals surface area contributed by atoms with Gasteiger partial charge >= 0.3 is 0 Å². The number of hydrogen-bond acceptors (Lipinski definition) is 3. The van der Waals surface area contributed by atoms with Crippen LogP contribution >= 0.6 is 12.4 Å². The standard InChI is InChI=1S/C20H24N2O2.ClH/c1-14(10-15-6-4-5-7-19(15)24-3)22(2)20(23)16-8-9-17-12-21-13-18(17)11-16;/h4-9,11,14,21H,10,12-13H2,1-3H3;1H. The lowest BCUT2D eigenvalue weighted by molar-refractivity contribution is 0.0743. The maximum Gasteiger partial charge on any atom is 0.253 e. The Labute approximate surface area is 155 Å². The fourth-order valence-electron chi connectivity index (χ4n) is 3.16. The van der Waals surface area contributed by atoms with E-state index in [4.69, 9.17) is 4.74 Å². The lowest BCUT2D eigenvalue weighted by Gasteiger charge is -2.26. The first-order chi connectivity index (χ1) is 11.6. The molecule has 1 amide bonds. The molecular formula is C20H25ClN2O2. The van der Waals surface area contributed by atoms with Gasteiger partial charge < -0.3 is 15.0 Å². The van der Waals surface area contributed by atoms with Crippen LogP contribution in [0, 0.1) is 0 Å². The maximum atomic E-state index is 12.8. The summed E-state index contributed by atoms with van der Waals surface area (Å²) in [6, 6.07) is 14.1. The van der Waals surface area contributed by atoms with Crippen LogP contribution in [0.2, 0.25) is 0 Å². The second kappa shape index (κ2) is 8.37. The number of likely N-dealkylation sites (N-methyl/N-ethyl adjacent to an activating group) is 1. The molecule has 0 aliphatic carbocycles. The van der Waals surface area contributed by atoms with Crippen LogP contribution in [-0.2, 0) is 19.5 Å². The minimum atomic E-state index is 0. The van der Waals surface area contributed by atoms with Crippen molar-refractivity contribution in [3.05, 3.63) is 64.7 Å². The molecule has 0 bridgehead atoms. The third-order valence-electron chi connectivity index (χ3n) is 4.77. The monoisotopic (exact) mass is 360 g/mol. The number of benzene rings is 2. The van der Waals surface area contributed by atoms with Crippen molar-refractivity contribution in [3.8, 4) is 5.75 Å². The highest BCUT2D eigenvalue weighted by atomic mass is 35.5. The van der Waals surface area contributed by atoms with E-state index < -0.39 is 0 Å². The summed E-state index contributed by atoms with van der Waals surface area (Å²) >= 11 is 0. The number of amides is 1. The molecule has 1 atom stereocenters. The number of fused-ring (bicyclic) bond motifs is 1. The highest BCUT2D eigenvalue weighted by Crippen LogP contribution is 2.22. The zero-order valence-electron chi connectivity index (χ0n) is 14.9. The van der Waals surface area contributed by atoms with Crippen LogP contribution in [0.4, 0.5) is 0 Å². The van der Waals surface area contributed by atoms with Crippen molar-refractivity contribution in [2.75, 3.05) is 14.2 Å². The van der Waals surface area contributed by atoms with Crippen LogP contribution in [0.3, 0.4) is 0 Å². The third-order valence-corrected chi connectivity index (χ3v) is 4.77. The van der Waals surface area contributed by atoms with E-state index in [-0.39, 0.29) is 24.4 Å². The third kappa shape index (κ3) is 4.14. The highest BCUT2D eigenvalue weighted by Gasteiger charge is 2.20. The summed E-state index contributed by atoms with van der Waals surface area (Å²) in [4.78, 5) is 14.6. The molecule has 1 heterocycles. The number of halogens is 1. The minimum Gasteiger partial charge on any atom is -0.496 e. The van der Waals surface area contributed by atoms with Gasteiger partial charge in [0, 0.05) is 31.7 Å². The fraction of sp³-hybridized carbons (Fsp3) is 0.350. The zero-order valence-corrected chi connectivity index (χ0v) is 15.7. The molecule has 1 aliphatic rings. The Morgan fingerprint density at radius 2 is 1.92 bits per heavy atom. The number of ether oxygens (including phenoxy) is 1. The zero-order chi connectivity index (χ0) is 17.1. The van der Waals surface area contributed by atoms with Crippen LogP contribution in [0.25, 0.3) is 0 Å². The second-order valence-electron chi connectivity index (χ2n) is 6.37. The molecule has 1 unspecified atom stereocenters. The summed E-state index contributed by atoms with van der Waals surface area (Å²) in [6.45, 7) is 3.81. The largest absolute Gasteiger partial charge is 0.496 e. The van der Waals surface area contributed by atoms with Gasteiger partial charge in [-0.05, 0) is 48.2 Å². The van der Waals surface area contributed by atoms with Crippen molar-refractivity contribution in [3.63, 3.8) is 0 Å². The van der Waals surface area contributed by atoms with E-state index >= 15 is 0 Å². The molecule has 0 radical (unpaired) electrons. The number of hydrogen-bond donors (Lipinski definition) is 1. The van der Waals surface area contributed by atoms with Gasteiger partial charge in [0.1, 0.15) is 5.75 Å². The SMILES string of the molecule is COc1ccccc1CC(C)N(C)C(=O)c1ccc2c(c1)CNC2.Cl. The molecular weight excluding hydrogens is 336 g/mol. The Kier molecular flexibility index (Phi) is 6.45. The predicted molar refractivity (Wildman–Crippen MR) is 102 cm³/mol. The Bertz CT molecular complexity index is 748. The van der Waals surface area contributed by atoms with E-state index in [1.165, 1.54) is 11.1 Å². The molecule has 4 nitrogen and oxygen atoms in total. The molecule has 0 spiro atoms. The van der Waals surface area contributed by atoms with Gasteiger partial charge in [-0.2, -0.15) is 0 Å². The van der Waals surface area contributed by atoms with Gasteiger partial charge in [0.2, 0.25) is 0 Å². The van der Waals surface area contributed by atoms with Gasteiger partial charge in [-0.1, -0.05) is 24.3 Å². The van der Waals surface area contributed by atoms with E-state index in [1.54, 1.807) is 7.11 Å². The fourth-order valence-corrected chi connectivity index (χ4v) is 3.16. The van der Waals surface area contributed by atoms with Crippen LogP contribution in [0.5, 0.6) is 5.75 Å². The topological polar surface area (TPSA) is 41.6 Å². The molecule has 1 N–H and O–H groups in total. The van der Waals surface area contributed by atoms with Crippen molar-refractivity contribution < 1.29 is 9.53 Å². The summed E-state index contributed by atoms with van der Waals surface area (Å²) in [7, 11) is 3.55. The number of carbonyl (C=O) groups excluding carboxylic acids is 1. The lowest BCUT2D eigenvalue weighted by atomic mass is 10.0. The van der Waals surface area contributed by atoms with E-state index in [0.29, 0.717) is 0 Å². The maximum absolute atomic E-state index is 12.8. The van der Waals surface area contributed by atoms with Crippen LogP contribution in [-0.4, -0.2) is 31.0 Å². The quantitative estimate of drug-likeness (QED) is 0.888. The van der Waals surface area contributed by atoms with E-state index in [0.717, 1.165) is 36.4 Å². The summed E-state index contributed by atoms with van der Waals surface area (Å²) < 4.78 is 5.41. The Morgan fingerprint density at radius 3 is 2.68 bits per heavy atom. The average molecular weight is 361 g/mol. The number of methoxy groups -OCH3 is 1. The summed E-state index contributed by atoms with van der Waals surface area (Å²) in [6.07, 6.45) is 0.763. The van der Waals surface area contributed by atoms with Crippen LogP contribution in [0.1, 0.15) is 34.0 Å². The number of para-hydroxylation sites is 1. The first kappa shape index (κ1) is 19.3. The first-order valence-corrected chi connectivity index (χ1v) is 8.31. The summed E-state index contributed by atoms with van der Waals surface area (Å²) in [5, 5.41) is 3.31. The molecule has 0 fully saturated rings. The Morgan fingerprint density at radius 1 is 1.20 bits per heavy atom. The molecule has 0 saturated carbocycles. The van der Waals surface area contributed by atoms with Gasteiger partial charge in [-0.3, -0.25) is 4.79 Å². The second-order valence-corrected chi connectivity index (χ2v) is 6.37. The molecule has 1 aliphatic heterocycles. The van der Waals surface area contributed by atoms with Crippen molar-refractivity contribution in [2.24, 2.45) is 0 Å². The smallest absolute Gasteiger partial charge is 0.253 e. The normalized spacial score (nSPS) is 13.6. The van der Waals surface area contributed by atoms with Crippen LogP contribution < -0.4 is 10.1 Å². The number of nitrogens with zero attached hydrogens (tertiary/aromatic N) is 1. The van der Waals surface area contributed by atoms with Gasteiger partial charge in [-0.15, -0.1) is 12.4 Å². The molecule has 2 aromatic rings. The van der Waals surface area contributed by atoms with Crippen molar-refractivity contribution in [1.82, 2.24) is 10.2 Å². The van der Waals surface area contributed by atoms with E-state index in [9.17, 15) is 4.79 Å². The minimum absolute atomic E-state index is 0. The number of carbonyl (C=O) groups is 1. The number of rotatable bonds is 5. The molecule has 25 heavy (non-hydrogen) atoms.